The predicted molar refractivity (Wildman–Crippen MR) is 96.9 cm³/mol. The lowest BCUT2D eigenvalue weighted by Crippen LogP contribution is -2.36. The fraction of sp³-hybridized carbons (Fsp3) is 0.444. The van der Waals surface area contributed by atoms with Crippen molar-refractivity contribution in [2.75, 3.05) is 6.54 Å². The smallest absolute Gasteiger partial charge is 0.338 e. The zero-order chi connectivity index (χ0) is 19.2. The van der Waals surface area contributed by atoms with Gasteiger partial charge >= 0.3 is 5.97 Å². The lowest BCUT2D eigenvalue weighted by atomic mass is 9.97. The highest BCUT2D eigenvalue weighted by molar-refractivity contribution is 7.89. The number of carbonyl (C=O) groups excluding carboxylic acids is 2. The molecule has 1 aliphatic rings. The second-order valence-electron chi connectivity index (χ2n) is 6.27. The third-order valence-electron chi connectivity index (χ3n) is 4.20. The minimum atomic E-state index is -3.82. The first-order valence-corrected chi connectivity index (χ1v) is 10.1. The lowest BCUT2D eigenvalue weighted by molar-refractivity contribution is -0.129. The molecule has 1 atom stereocenters. The van der Waals surface area contributed by atoms with E-state index >= 15 is 0 Å². The maximum absolute atomic E-state index is 12.0. The van der Waals surface area contributed by atoms with Crippen LogP contribution in [0.2, 0.25) is 0 Å². The van der Waals surface area contributed by atoms with Crippen molar-refractivity contribution in [1.29, 1.82) is 0 Å². The molecular formula is C18H24N2O5S. The largest absolute Gasteiger partial charge is 0.449 e. The molecule has 26 heavy (non-hydrogen) atoms. The minimum absolute atomic E-state index is 0.100. The zero-order valence-electron chi connectivity index (χ0n) is 14.7. The number of hydrogen-bond acceptors (Lipinski definition) is 5. The molecule has 0 bridgehead atoms. The molecule has 1 unspecified atom stereocenters. The van der Waals surface area contributed by atoms with Gasteiger partial charge in [0.15, 0.2) is 6.10 Å². The van der Waals surface area contributed by atoms with Gasteiger partial charge < -0.3 is 10.1 Å². The number of nitrogens with one attached hydrogen (secondary N) is 1. The Hall–Kier alpha value is -2.19. The molecule has 0 saturated heterocycles. The standard InChI is InChI=1S/C18H24N2O5S/c1-13(17(21)20-12-11-14-5-3-2-4-6-14)25-18(22)15-7-9-16(10-8-15)26(19,23)24/h5,7-10,13H,2-4,6,11-12H2,1H3,(H,20,21)(H2,19,23,24). The van der Waals surface area contributed by atoms with Crippen molar-refractivity contribution in [3.8, 4) is 0 Å². The Labute approximate surface area is 153 Å². The summed E-state index contributed by atoms with van der Waals surface area (Å²) in [6.07, 6.45) is 6.68. The molecule has 0 spiro atoms. The van der Waals surface area contributed by atoms with Crippen molar-refractivity contribution < 1.29 is 22.7 Å². The number of rotatable bonds is 7. The average molecular weight is 380 g/mol. The zero-order valence-corrected chi connectivity index (χ0v) is 15.6. The van der Waals surface area contributed by atoms with Gasteiger partial charge in [0, 0.05) is 6.54 Å². The molecule has 7 nitrogen and oxygen atoms in total. The summed E-state index contributed by atoms with van der Waals surface area (Å²) < 4.78 is 27.5. The summed E-state index contributed by atoms with van der Waals surface area (Å²) in [7, 11) is -3.82. The van der Waals surface area contributed by atoms with Crippen LogP contribution in [0.3, 0.4) is 0 Å². The molecule has 0 aliphatic heterocycles. The van der Waals surface area contributed by atoms with Crippen molar-refractivity contribution >= 4 is 21.9 Å². The fourth-order valence-corrected chi connectivity index (χ4v) is 3.20. The Morgan fingerprint density at radius 2 is 1.92 bits per heavy atom. The van der Waals surface area contributed by atoms with Crippen molar-refractivity contribution in [3.05, 3.63) is 41.5 Å². The van der Waals surface area contributed by atoms with Gasteiger partial charge in [0.2, 0.25) is 10.0 Å². The van der Waals surface area contributed by atoms with Crippen LogP contribution in [0.4, 0.5) is 0 Å². The first kappa shape index (κ1) is 20.1. The summed E-state index contributed by atoms with van der Waals surface area (Å²) in [5.74, 6) is -1.07. The third kappa shape index (κ3) is 5.96. The van der Waals surface area contributed by atoms with Crippen LogP contribution in [-0.2, 0) is 19.6 Å². The number of esters is 1. The van der Waals surface area contributed by atoms with Crippen LogP contribution in [0.25, 0.3) is 0 Å². The molecule has 0 aromatic heterocycles. The second kappa shape index (κ2) is 8.95. The number of allylic oxidation sites excluding steroid dienone is 1. The second-order valence-corrected chi connectivity index (χ2v) is 7.83. The number of carbonyl (C=O) groups is 2. The van der Waals surface area contributed by atoms with E-state index < -0.39 is 22.1 Å². The number of sulfonamides is 1. The van der Waals surface area contributed by atoms with Gasteiger partial charge in [-0.1, -0.05) is 11.6 Å². The van der Waals surface area contributed by atoms with E-state index in [0.29, 0.717) is 6.54 Å². The van der Waals surface area contributed by atoms with E-state index in [-0.39, 0.29) is 16.4 Å². The molecular weight excluding hydrogens is 356 g/mol. The van der Waals surface area contributed by atoms with E-state index in [1.807, 2.05) is 0 Å². The first-order valence-electron chi connectivity index (χ1n) is 8.57. The van der Waals surface area contributed by atoms with Gasteiger partial charge in [0.05, 0.1) is 10.5 Å². The van der Waals surface area contributed by atoms with E-state index in [1.54, 1.807) is 0 Å². The molecule has 142 valence electrons. The van der Waals surface area contributed by atoms with E-state index in [9.17, 15) is 18.0 Å². The number of amides is 1. The number of hydrogen-bond donors (Lipinski definition) is 2. The molecule has 0 radical (unpaired) electrons. The highest BCUT2D eigenvalue weighted by atomic mass is 32.2. The molecule has 1 aromatic carbocycles. The first-order chi connectivity index (χ1) is 12.3. The van der Waals surface area contributed by atoms with Crippen molar-refractivity contribution in [1.82, 2.24) is 5.32 Å². The Kier molecular flexibility index (Phi) is 6.93. The Morgan fingerprint density at radius 1 is 1.23 bits per heavy atom. The molecule has 0 fully saturated rings. The summed E-state index contributed by atoms with van der Waals surface area (Å²) in [5.41, 5.74) is 1.50. The third-order valence-corrected chi connectivity index (χ3v) is 5.13. The molecule has 1 aliphatic carbocycles. The predicted octanol–water partition coefficient (Wildman–Crippen LogP) is 1.89. The van der Waals surface area contributed by atoms with E-state index in [1.165, 1.54) is 49.6 Å². The Bertz CT molecular complexity index is 784. The molecule has 0 saturated carbocycles. The highest BCUT2D eigenvalue weighted by Gasteiger charge is 2.19. The van der Waals surface area contributed by atoms with Crippen LogP contribution in [-0.4, -0.2) is 32.9 Å². The Balaban J connectivity index is 1.81. The molecule has 2 rings (SSSR count). The van der Waals surface area contributed by atoms with Gasteiger partial charge in [0.25, 0.3) is 5.91 Å². The number of benzene rings is 1. The SMILES string of the molecule is CC(OC(=O)c1ccc(S(N)(=O)=O)cc1)C(=O)NCCC1=CCCCC1. The topological polar surface area (TPSA) is 116 Å². The van der Waals surface area contributed by atoms with Gasteiger partial charge in [0.1, 0.15) is 0 Å². The number of ether oxygens (including phenoxy) is 1. The van der Waals surface area contributed by atoms with Crippen LogP contribution < -0.4 is 10.5 Å². The molecule has 3 N–H and O–H groups in total. The van der Waals surface area contributed by atoms with Crippen LogP contribution in [0.5, 0.6) is 0 Å². The number of nitrogens with two attached hydrogens (primary N) is 1. The number of primary sulfonamides is 1. The van der Waals surface area contributed by atoms with Gasteiger partial charge in [-0.2, -0.15) is 0 Å². The van der Waals surface area contributed by atoms with Crippen molar-refractivity contribution in [2.45, 2.75) is 50.0 Å². The molecule has 1 aromatic rings. The fourth-order valence-electron chi connectivity index (χ4n) is 2.68. The monoisotopic (exact) mass is 380 g/mol. The van der Waals surface area contributed by atoms with Crippen LogP contribution in [0.1, 0.15) is 49.4 Å². The molecule has 8 heteroatoms. The molecule has 0 heterocycles. The minimum Gasteiger partial charge on any atom is -0.449 e. The van der Waals surface area contributed by atoms with Crippen LogP contribution >= 0.6 is 0 Å². The maximum atomic E-state index is 12.0. The van der Waals surface area contributed by atoms with Crippen LogP contribution in [0.15, 0.2) is 40.8 Å². The van der Waals surface area contributed by atoms with Gasteiger partial charge in [-0.3, -0.25) is 4.79 Å². The highest BCUT2D eigenvalue weighted by Crippen LogP contribution is 2.19. The van der Waals surface area contributed by atoms with Crippen molar-refractivity contribution in [2.24, 2.45) is 5.14 Å². The van der Waals surface area contributed by atoms with Gasteiger partial charge in [-0.05, 0) is 63.3 Å². The summed E-state index contributed by atoms with van der Waals surface area (Å²) in [6.45, 7) is 2.00. The Morgan fingerprint density at radius 3 is 2.50 bits per heavy atom. The quantitative estimate of drug-likeness (QED) is 0.553. The van der Waals surface area contributed by atoms with E-state index in [0.717, 1.165) is 19.3 Å². The normalized spacial score (nSPS) is 15.7. The van der Waals surface area contributed by atoms with E-state index in [2.05, 4.69) is 11.4 Å². The van der Waals surface area contributed by atoms with Crippen LogP contribution in [0, 0.1) is 0 Å². The average Bonchev–Trinajstić information content (AvgIpc) is 2.61. The van der Waals surface area contributed by atoms with Gasteiger partial charge in [-0.15, -0.1) is 0 Å². The lowest BCUT2D eigenvalue weighted by Gasteiger charge is -2.15. The maximum Gasteiger partial charge on any atom is 0.338 e. The van der Waals surface area contributed by atoms with Gasteiger partial charge in [-0.25, -0.2) is 18.4 Å². The summed E-state index contributed by atoms with van der Waals surface area (Å²) in [6, 6.07) is 5.02. The summed E-state index contributed by atoms with van der Waals surface area (Å²) in [5, 5.41) is 7.77. The van der Waals surface area contributed by atoms with Crippen molar-refractivity contribution in [3.63, 3.8) is 0 Å². The summed E-state index contributed by atoms with van der Waals surface area (Å²) >= 11 is 0. The molecule has 1 amide bonds. The summed E-state index contributed by atoms with van der Waals surface area (Å²) in [4.78, 5) is 24.0. The van der Waals surface area contributed by atoms with E-state index in [4.69, 9.17) is 9.88 Å².